The average Bonchev–Trinajstić information content (AvgIpc) is 3.40. The number of rotatable bonds is 5. The van der Waals surface area contributed by atoms with E-state index in [1.54, 1.807) is 0 Å². The van der Waals surface area contributed by atoms with E-state index in [1.807, 2.05) is 59.4 Å². The topological polar surface area (TPSA) is 37.3 Å². The third-order valence-corrected chi connectivity index (χ3v) is 5.42. The van der Waals surface area contributed by atoms with Crippen LogP contribution in [0.1, 0.15) is 35.3 Å². The van der Waals surface area contributed by atoms with E-state index in [0.717, 1.165) is 25.2 Å². The van der Waals surface area contributed by atoms with Gasteiger partial charge in [0.05, 0.1) is 0 Å². The Morgan fingerprint density at radius 2 is 1.70 bits per heavy atom. The minimum Gasteiger partial charge on any atom is -0.348 e. The molecule has 3 aromatic rings. The van der Waals surface area contributed by atoms with Gasteiger partial charge in [-0.2, -0.15) is 0 Å². The Kier molecular flexibility index (Phi) is 5.07. The summed E-state index contributed by atoms with van der Waals surface area (Å²) in [7, 11) is 0. The van der Waals surface area contributed by atoms with E-state index >= 15 is 0 Å². The Morgan fingerprint density at radius 1 is 1.00 bits per heavy atom. The van der Waals surface area contributed by atoms with Crippen molar-refractivity contribution in [3.63, 3.8) is 0 Å². The molecule has 0 radical (unpaired) electrons. The maximum atomic E-state index is 12.6. The van der Waals surface area contributed by atoms with Gasteiger partial charge in [0, 0.05) is 48.8 Å². The van der Waals surface area contributed by atoms with Gasteiger partial charge in [-0.05, 0) is 55.3 Å². The lowest BCUT2D eigenvalue weighted by Crippen LogP contribution is -2.37. The van der Waals surface area contributed by atoms with E-state index in [1.165, 1.54) is 5.56 Å². The molecule has 4 heteroatoms. The van der Waals surface area contributed by atoms with Gasteiger partial charge in [-0.25, -0.2) is 0 Å². The lowest BCUT2D eigenvalue weighted by atomic mass is 10.1. The first kappa shape index (κ1) is 17.6. The predicted octanol–water partition coefficient (Wildman–Crippen LogP) is 4.04. The normalized spacial score (nSPS) is 18.3. The molecular weight excluding hydrogens is 334 g/mol. The molecule has 138 valence electrons. The number of benzene rings is 2. The minimum absolute atomic E-state index is 0.00766. The average molecular weight is 359 g/mol. The zero-order chi connectivity index (χ0) is 18.6. The van der Waals surface area contributed by atoms with Gasteiger partial charge in [0.1, 0.15) is 0 Å². The zero-order valence-electron chi connectivity index (χ0n) is 15.6. The Labute approximate surface area is 160 Å². The van der Waals surface area contributed by atoms with Crippen LogP contribution in [0.2, 0.25) is 0 Å². The molecule has 1 amide bonds. The SMILES string of the molecule is CC(c1ccccc1)N1CCC(NC(=O)c2ccc(-n3cccc3)cc2)C1. The Hall–Kier alpha value is -2.85. The van der Waals surface area contributed by atoms with Crippen LogP contribution >= 0.6 is 0 Å². The van der Waals surface area contributed by atoms with E-state index in [9.17, 15) is 4.79 Å². The smallest absolute Gasteiger partial charge is 0.251 e. The molecule has 0 spiro atoms. The van der Waals surface area contributed by atoms with Crippen molar-refractivity contribution in [3.8, 4) is 5.69 Å². The molecule has 4 nitrogen and oxygen atoms in total. The van der Waals surface area contributed by atoms with E-state index in [4.69, 9.17) is 0 Å². The molecule has 4 rings (SSSR count). The summed E-state index contributed by atoms with van der Waals surface area (Å²) in [5.74, 6) is 0.00766. The fourth-order valence-corrected chi connectivity index (χ4v) is 3.76. The number of hydrogen-bond acceptors (Lipinski definition) is 2. The molecule has 1 saturated heterocycles. The first-order chi connectivity index (χ1) is 13.2. The summed E-state index contributed by atoms with van der Waals surface area (Å²) < 4.78 is 2.03. The van der Waals surface area contributed by atoms with Gasteiger partial charge < -0.3 is 9.88 Å². The second-order valence-corrected chi connectivity index (χ2v) is 7.18. The van der Waals surface area contributed by atoms with Gasteiger partial charge in [0.15, 0.2) is 0 Å². The van der Waals surface area contributed by atoms with E-state index < -0.39 is 0 Å². The molecule has 1 aliphatic heterocycles. The van der Waals surface area contributed by atoms with E-state index in [-0.39, 0.29) is 11.9 Å². The molecule has 0 saturated carbocycles. The van der Waals surface area contributed by atoms with Crippen molar-refractivity contribution in [2.45, 2.75) is 25.4 Å². The van der Waals surface area contributed by atoms with Gasteiger partial charge in [-0.3, -0.25) is 9.69 Å². The Balaban J connectivity index is 1.35. The van der Waals surface area contributed by atoms with Crippen molar-refractivity contribution in [2.24, 2.45) is 0 Å². The summed E-state index contributed by atoms with van der Waals surface area (Å²) in [6.07, 6.45) is 4.98. The van der Waals surface area contributed by atoms with Gasteiger partial charge in [0.2, 0.25) is 0 Å². The second-order valence-electron chi connectivity index (χ2n) is 7.18. The fourth-order valence-electron chi connectivity index (χ4n) is 3.76. The van der Waals surface area contributed by atoms with Crippen LogP contribution in [0.25, 0.3) is 5.69 Å². The number of aromatic nitrogens is 1. The number of likely N-dealkylation sites (tertiary alicyclic amines) is 1. The summed E-state index contributed by atoms with van der Waals surface area (Å²) in [6.45, 7) is 4.14. The van der Waals surface area contributed by atoms with Crippen molar-refractivity contribution in [1.29, 1.82) is 0 Å². The molecule has 1 fully saturated rings. The summed E-state index contributed by atoms with van der Waals surface area (Å²) in [5.41, 5.74) is 3.09. The highest BCUT2D eigenvalue weighted by molar-refractivity contribution is 5.94. The molecular formula is C23H25N3O. The summed E-state index contributed by atoms with van der Waals surface area (Å²) in [5, 5.41) is 3.20. The largest absolute Gasteiger partial charge is 0.348 e. The molecule has 1 aliphatic rings. The van der Waals surface area contributed by atoms with Gasteiger partial charge in [-0.15, -0.1) is 0 Å². The standard InChI is InChI=1S/C23H25N3O/c1-18(19-7-3-2-4-8-19)26-16-13-21(17-26)24-23(27)20-9-11-22(12-10-20)25-14-5-6-15-25/h2-12,14-15,18,21H,13,16-17H2,1H3,(H,24,27). The van der Waals surface area contributed by atoms with Crippen LogP contribution in [-0.2, 0) is 0 Å². The first-order valence-electron chi connectivity index (χ1n) is 9.54. The highest BCUT2D eigenvalue weighted by Gasteiger charge is 2.27. The predicted molar refractivity (Wildman–Crippen MR) is 108 cm³/mol. The second kappa shape index (κ2) is 7.80. The van der Waals surface area contributed by atoms with Gasteiger partial charge >= 0.3 is 0 Å². The van der Waals surface area contributed by atoms with Crippen LogP contribution in [-0.4, -0.2) is 34.5 Å². The van der Waals surface area contributed by atoms with Crippen LogP contribution in [0.4, 0.5) is 0 Å². The number of nitrogens with one attached hydrogen (secondary N) is 1. The highest BCUT2D eigenvalue weighted by Crippen LogP contribution is 2.24. The fraction of sp³-hybridized carbons (Fsp3) is 0.261. The van der Waals surface area contributed by atoms with Crippen LogP contribution in [0.3, 0.4) is 0 Å². The van der Waals surface area contributed by atoms with Crippen molar-refractivity contribution in [1.82, 2.24) is 14.8 Å². The molecule has 2 aromatic carbocycles. The van der Waals surface area contributed by atoms with Crippen LogP contribution in [0.15, 0.2) is 79.1 Å². The number of carbonyl (C=O) groups is 1. The Morgan fingerprint density at radius 3 is 2.41 bits per heavy atom. The van der Waals surface area contributed by atoms with Crippen molar-refractivity contribution in [2.75, 3.05) is 13.1 Å². The molecule has 2 heterocycles. The van der Waals surface area contributed by atoms with Crippen LogP contribution in [0, 0.1) is 0 Å². The molecule has 1 N–H and O–H groups in total. The Bertz CT molecular complexity index is 872. The molecule has 1 aromatic heterocycles. The first-order valence-corrected chi connectivity index (χ1v) is 9.54. The molecule has 27 heavy (non-hydrogen) atoms. The maximum Gasteiger partial charge on any atom is 0.251 e. The van der Waals surface area contributed by atoms with Crippen molar-refractivity contribution >= 4 is 5.91 Å². The van der Waals surface area contributed by atoms with Gasteiger partial charge in [-0.1, -0.05) is 30.3 Å². The number of hydrogen-bond donors (Lipinski definition) is 1. The molecule has 0 bridgehead atoms. The lowest BCUT2D eigenvalue weighted by molar-refractivity contribution is 0.0936. The lowest BCUT2D eigenvalue weighted by Gasteiger charge is -2.24. The highest BCUT2D eigenvalue weighted by atomic mass is 16.1. The maximum absolute atomic E-state index is 12.6. The van der Waals surface area contributed by atoms with E-state index in [0.29, 0.717) is 11.6 Å². The van der Waals surface area contributed by atoms with Gasteiger partial charge in [0.25, 0.3) is 5.91 Å². The molecule has 0 aliphatic carbocycles. The van der Waals surface area contributed by atoms with Crippen molar-refractivity contribution < 1.29 is 4.79 Å². The van der Waals surface area contributed by atoms with E-state index in [2.05, 4.69) is 41.4 Å². The summed E-state index contributed by atoms with van der Waals surface area (Å²) in [4.78, 5) is 15.0. The van der Waals surface area contributed by atoms with Crippen LogP contribution in [0.5, 0.6) is 0 Å². The number of nitrogens with zero attached hydrogens (tertiary/aromatic N) is 2. The van der Waals surface area contributed by atoms with Crippen LogP contribution < -0.4 is 5.32 Å². The third kappa shape index (κ3) is 3.96. The number of carbonyl (C=O) groups excluding carboxylic acids is 1. The molecule has 2 atom stereocenters. The quantitative estimate of drug-likeness (QED) is 0.746. The van der Waals surface area contributed by atoms with Crippen molar-refractivity contribution in [3.05, 3.63) is 90.3 Å². The third-order valence-electron chi connectivity index (χ3n) is 5.42. The molecule has 2 unspecified atom stereocenters. The number of amides is 1. The summed E-state index contributed by atoms with van der Waals surface area (Å²) in [6, 6.07) is 22.8. The summed E-state index contributed by atoms with van der Waals surface area (Å²) >= 11 is 0. The minimum atomic E-state index is 0.00766. The monoisotopic (exact) mass is 359 g/mol. The zero-order valence-corrected chi connectivity index (χ0v) is 15.6.